The molecule has 1 aromatic carbocycles. The van der Waals surface area contributed by atoms with Crippen LogP contribution in [0.25, 0.3) is 0 Å². The standard InChI is InChI=1S/C15H18N4/c1-11-6-3-4-8-13(11)19(2)10-12-7-5-9-18-14(12)15(16)17/h3-9H,10H2,1-2H3,(H3,16,17). The molecule has 0 bridgehead atoms. The molecule has 0 atom stereocenters. The van der Waals surface area contributed by atoms with Crippen LogP contribution in [0.3, 0.4) is 0 Å². The summed E-state index contributed by atoms with van der Waals surface area (Å²) in [7, 11) is 2.03. The summed E-state index contributed by atoms with van der Waals surface area (Å²) in [5, 5.41) is 7.56. The average Bonchev–Trinajstić information content (AvgIpc) is 2.39. The fraction of sp³-hybridized carbons (Fsp3) is 0.200. The number of pyridine rings is 1. The molecule has 4 heteroatoms. The minimum Gasteiger partial charge on any atom is -0.382 e. The van der Waals surface area contributed by atoms with Gasteiger partial charge in [-0.1, -0.05) is 24.3 Å². The number of hydrogen-bond donors (Lipinski definition) is 2. The van der Waals surface area contributed by atoms with Gasteiger partial charge in [-0.2, -0.15) is 0 Å². The fourth-order valence-corrected chi connectivity index (χ4v) is 2.14. The molecule has 0 aliphatic heterocycles. The molecule has 0 amide bonds. The molecule has 0 saturated heterocycles. The molecule has 0 radical (unpaired) electrons. The molecule has 0 aliphatic carbocycles. The highest BCUT2D eigenvalue weighted by molar-refractivity contribution is 5.94. The van der Waals surface area contributed by atoms with Crippen molar-refractivity contribution in [1.29, 1.82) is 5.41 Å². The second-order valence-electron chi connectivity index (χ2n) is 4.57. The number of hydrogen-bond acceptors (Lipinski definition) is 3. The van der Waals surface area contributed by atoms with Crippen molar-refractivity contribution in [3.8, 4) is 0 Å². The highest BCUT2D eigenvalue weighted by atomic mass is 15.1. The number of rotatable bonds is 4. The lowest BCUT2D eigenvalue weighted by Crippen LogP contribution is -2.22. The smallest absolute Gasteiger partial charge is 0.142 e. The normalized spacial score (nSPS) is 10.2. The van der Waals surface area contributed by atoms with Crippen molar-refractivity contribution in [2.75, 3.05) is 11.9 Å². The molecule has 4 nitrogen and oxygen atoms in total. The van der Waals surface area contributed by atoms with Gasteiger partial charge in [0.15, 0.2) is 0 Å². The summed E-state index contributed by atoms with van der Waals surface area (Å²) in [5.41, 5.74) is 9.47. The summed E-state index contributed by atoms with van der Waals surface area (Å²) >= 11 is 0. The van der Waals surface area contributed by atoms with Gasteiger partial charge in [-0.3, -0.25) is 10.4 Å². The predicted octanol–water partition coefficient (Wildman–Crippen LogP) is 2.31. The van der Waals surface area contributed by atoms with Gasteiger partial charge in [-0.15, -0.1) is 0 Å². The summed E-state index contributed by atoms with van der Waals surface area (Å²) < 4.78 is 0. The van der Waals surface area contributed by atoms with E-state index in [0.29, 0.717) is 12.2 Å². The Balaban J connectivity index is 2.27. The number of aryl methyl sites for hydroxylation is 1. The van der Waals surface area contributed by atoms with Crippen molar-refractivity contribution >= 4 is 11.5 Å². The Kier molecular flexibility index (Phi) is 3.80. The summed E-state index contributed by atoms with van der Waals surface area (Å²) in [5.74, 6) is 0.00813. The van der Waals surface area contributed by atoms with Crippen LogP contribution in [0.1, 0.15) is 16.8 Å². The lowest BCUT2D eigenvalue weighted by Gasteiger charge is -2.22. The number of nitrogens with zero attached hydrogens (tertiary/aromatic N) is 2. The zero-order chi connectivity index (χ0) is 13.8. The Morgan fingerprint density at radius 1 is 1.26 bits per heavy atom. The number of aromatic nitrogens is 1. The molecule has 0 spiro atoms. The van der Waals surface area contributed by atoms with Crippen LogP contribution in [0, 0.1) is 12.3 Å². The van der Waals surface area contributed by atoms with Gasteiger partial charge >= 0.3 is 0 Å². The van der Waals surface area contributed by atoms with E-state index in [-0.39, 0.29) is 5.84 Å². The number of para-hydroxylation sites is 1. The van der Waals surface area contributed by atoms with E-state index in [1.165, 1.54) is 11.3 Å². The topological polar surface area (TPSA) is 66.0 Å². The molecule has 19 heavy (non-hydrogen) atoms. The quantitative estimate of drug-likeness (QED) is 0.650. The first-order valence-corrected chi connectivity index (χ1v) is 6.14. The third-order valence-electron chi connectivity index (χ3n) is 3.08. The van der Waals surface area contributed by atoms with E-state index in [0.717, 1.165) is 5.56 Å². The predicted molar refractivity (Wildman–Crippen MR) is 78.5 cm³/mol. The summed E-state index contributed by atoms with van der Waals surface area (Å²) in [6.07, 6.45) is 1.66. The third-order valence-corrected chi connectivity index (χ3v) is 3.08. The van der Waals surface area contributed by atoms with Gasteiger partial charge in [-0.05, 0) is 24.6 Å². The van der Waals surface area contributed by atoms with Gasteiger partial charge in [0, 0.05) is 31.0 Å². The molecular formula is C15H18N4. The van der Waals surface area contributed by atoms with Crippen LogP contribution >= 0.6 is 0 Å². The van der Waals surface area contributed by atoms with Crippen LogP contribution in [0.15, 0.2) is 42.6 Å². The van der Waals surface area contributed by atoms with Crippen molar-refractivity contribution in [3.63, 3.8) is 0 Å². The van der Waals surface area contributed by atoms with E-state index in [2.05, 4.69) is 28.9 Å². The molecule has 3 N–H and O–H groups in total. The number of nitrogens with two attached hydrogens (primary N) is 1. The van der Waals surface area contributed by atoms with Crippen LogP contribution in [-0.4, -0.2) is 17.9 Å². The Morgan fingerprint density at radius 2 is 2.00 bits per heavy atom. The number of anilines is 1. The summed E-state index contributed by atoms with van der Waals surface area (Å²) in [4.78, 5) is 6.31. The van der Waals surface area contributed by atoms with E-state index in [4.69, 9.17) is 11.1 Å². The monoisotopic (exact) mass is 254 g/mol. The highest BCUT2D eigenvalue weighted by Gasteiger charge is 2.10. The maximum atomic E-state index is 7.56. The molecule has 0 fully saturated rings. The zero-order valence-corrected chi connectivity index (χ0v) is 11.2. The Morgan fingerprint density at radius 3 is 2.68 bits per heavy atom. The van der Waals surface area contributed by atoms with E-state index in [1.54, 1.807) is 6.20 Å². The van der Waals surface area contributed by atoms with Gasteiger partial charge in [0.05, 0.1) is 0 Å². The van der Waals surface area contributed by atoms with Crippen LogP contribution in [0.5, 0.6) is 0 Å². The molecular weight excluding hydrogens is 236 g/mol. The second-order valence-corrected chi connectivity index (χ2v) is 4.57. The average molecular weight is 254 g/mol. The summed E-state index contributed by atoms with van der Waals surface area (Å²) in [6, 6.07) is 12.0. The first kappa shape index (κ1) is 13.1. The van der Waals surface area contributed by atoms with E-state index in [9.17, 15) is 0 Å². The van der Waals surface area contributed by atoms with Crippen LogP contribution in [0.2, 0.25) is 0 Å². The first-order valence-electron chi connectivity index (χ1n) is 6.14. The minimum atomic E-state index is 0.00813. The van der Waals surface area contributed by atoms with E-state index < -0.39 is 0 Å². The molecule has 2 rings (SSSR count). The Hall–Kier alpha value is -2.36. The molecule has 2 aromatic rings. The minimum absolute atomic E-state index is 0.00813. The number of amidine groups is 1. The molecule has 1 heterocycles. The molecule has 0 aliphatic rings. The Labute approximate surface area is 113 Å². The van der Waals surface area contributed by atoms with Crippen LogP contribution in [0.4, 0.5) is 5.69 Å². The maximum absolute atomic E-state index is 7.56. The van der Waals surface area contributed by atoms with Crippen LogP contribution in [-0.2, 0) is 6.54 Å². The van der Waals surface area contributed by atoms with Crippen LogP contribution < -0.4 is 10.6 Å². The van der Waals surface area contributed by atoms with Gasteiger partial charge < -0.3 is 10.6 Å². The van der Waals surface area contributed by atoms with E-state index >= 15 is 0 Å². The first-order chi connectivity index (χ1) is 9.09. The molecule has 0 saturated carbocycles. The fourth-order valence-electron chi connectivity index (χ4n) is 2.14. The van der Waals surface area contributed by atoms with Crippen molar-refractivity contribution < 1.29 is 0 Å². The van der Waals surface area contributed by atoms with Gasteiger partial charge in [-0.25, -0.2) is 0 Å². The molecule has 0 unspecified atom stereocenters. The van der Waals surface area contributed by atoms with E-state index in [1.807, 2.05) is 31.3 Å². The van der Waals surface area contributed by atoms with Crippen molar-refractivity contribution in [1.82, 2.24) is 4.98 Å². The summed E-state index contributed by atoms with van der Waals surface area (Å²) in [6.45, 7) is 2.76. The van der Waals surface area contributed by atoms with Gasteiger partial charge in [0.1, 0.15) is 11.5 Å². The van der Waals surface area contributed by atoms with Gasteiger partial charge in [0.2, 0.25) is 0 Å². The number of nitrogen functional groups attached to an aromatic ring is 1. The Bertz CT molecular complexity index is 592. The highest BCUT2D eigenvalue weighted by Crippen LogP contribution is 2.20. The largest absolute Gasteiger partial charge is 0.382 e. The maximum Gasteiger partial charge on any atom is 0.142 e. The third kappa shape index (κ3) is 2.91. The number of nitrogens with one attached hydrogen (secondary N) is 1. The molecule has 1 aromatic heterocycles. The van der Waals surface area contributed by atoms with Crippen molar-refractivity contribution in [2.45, 2.75) is 13.5 Å². The zero-order valence-electron chi connectivity index (χ0n) is 11.2. The number of benzene rings is 1. The SMILES string of the molecule is Cc1ccccc1N(C)Cc1cccnc1C(=N)N. The lowest BCUT2D eigenvalue weighted by molar-refractivity contribution is 0.905. The van der Waals surface area contributed by atoms with Crippen molar-refractivity contribution in [3.05, 3.63) is 59.4 Å². The van der Waals surface area contributed by atoms with Gasteiger partial charge in [0.25, 0.3) is 0 Å². The second kappa shape index (κ2) is 5.52. The lowest BCUT2D eigenvalue weighted by atomic mass is 10.1. The van der Waals surface area contributed by atoms with Crippen molar-refractivity contribution in [2.24, 2.45) is 5.73 Å². The molecule has 98 valence electrons.